The van der Waals surface area contributed by atoms with Crippen LogP contribution in [0.25, 0.3) is 0 Å². The molecule has 0 aliphatic heterocycles. The van der Waals surface area contributed by atoms with Gasteiger partial charge in [0.25, 0.3) is 5.91 Å². The molecule has 0 spiro atoms. The molecular weight excluding hydrogens is 270 g/mol. The number of hydrogen-bond acceptors (Lipinski definition) is 4. The van der Waals surface area contributed by atoms with Crippen LogP contribution in [0.1, 0.15) is 17.4 Å². The summed E-state index contributed by atoms with van der Waals surface area (Å²) in [7, 11) is 0. The molecule has 20 heavy (non-hydrogen) atoms. The first kappa shape index (κ1) is 14.4. The third kappa shape index (κ3) is 3.74. The number of thioether (sulfide) groups is 1. The van der Waals surface area contributed by atoms with Gasteiger partial charge in [-0.3, -0.25) is 4.79 Å². The molecule has 0 atom stereocenters. The molecule has 0 saturated heterocycles. The van der Waals surface area contributed by atoms with Crippen molar-refractivity contribution < 1.29 is 4.79 Å². The SMILES string of the molecule is CCNc1cccc(C(=O)Nc2ccc(SC)cc2)n1. The molecule has 5 heteroatoms. The Balaban J connectivity index is 2.08. The highest BCUT2D eigenvalue weighted by atomic mass is 32.2. The van der Waals surface area contributed by atoms with E-state index in [9.17, 15) is 4.79 Å². The molecule has 0 saturated carbocycles. The van der Waals surface area contributed by atoms with Crippen LogP contribution in [0.15, 0.2) is 47.4 Å². The summed E-state index contributed by atoms with van der Waals surface area (Å²) in [6.45, 7) is 2.76. The van der Waals surface area contributed by atoms with Crippen molar-refractivity contribution in [1.82, 2.24) is 4.98 Å². The van der Waals surface area contributed by atoms with Gasteiger partial charge in [0.15, 0.2) is 0 Å². The molecule has 0 aliphatic rings. The largest absolute Gasteiger partial charge is 0.370 e. The molecule has 104 valence electrons. The average molecular weight is 287 g/mol. The Morgan fingerprint density at radius 3 is 2.60 bits per heavy atom. The van der Waals surface area contributed by atoms with E-state index in [4.69, 9.17) is 0 Å². The Kier molecular flexibility index (Phi) is 5.01. The highest BCUT2D eigenvalue weighted by Crippen LogP contribution is 2.18. The summed E-state index contributed by atoms with van der Waals surface area (Å²) in [6, 6.07) is 13.1. The zero-order chi connectivity index (χ0) is 14.4. The van der Waals surface area contributed by atoms with E-state index in [0.29, 0.717) is 11.5 Å². The number of anilines is 2. The monoisotopic (exact) mass is 287 g/mol. The Bertz CT molecular complexity index is 584. The van der Waals surface area contributed by atoms with Gasteiger partial charge in [-0.15, -0.1) is 11.8 Å². The normalized spacial score (nSPS) is 10.1. The summed E-state index contributed by atoms with van der Waals surface area (Å²) in [5.41, 5.74) is 1.17. The number of rotatable bonds is 5. The van der Waals surface area contributed by atoms with Gasteiger partial charge in [-0.05, 0) is 49.6 Å². The van der Waals surface area contributed by atoms with Crippen molar-refractivity contribution in [2.24, 2.45) is 0 Å². The third-order valence-corrected chi connectivity index (χ3v) is 3.43. The molecule has 2 aromatic rings. The molecule has 0 unspecified atom stereocenters. The molecule has 1 heterocycles. The lowest BCUT2D eigenvalue weighted by Gasteiger charge is -2.07. The molecule has 4 nitrogen and oxygen atoms in total. The minimum Gasteiger partial charge on any atom is -0.370 e. The predicted molar refractivity (Wildman–Crippen MR) is 84.6 cm³/mol. The average Bonchev–Trinajstić information content (AvgIpc) is 2.48. The molecule has 2 N–H and O–H groups in total. The topological polar surface area (TPSA) is 54.0 Å². The number of hydrogen-bond donors (Lipinski definition) is 2. The molecule has 0 bridgehead atoms. The highest BCUT2D eigenvalue weighted by molar-refractivity contribution is 7.98. The van der Waals surface area contributed by atoms with Crippen LogP contribution in [-0.4, -0.2) is 23.7 Å². The van der Waals surface area contributed by atoms with Gasteiger partial charge in [0, 0.05) is 17.1 Å². The van der Waals surface area contributed by atoms with Gasteiger partial charge < -0.3 is 10.6 Å². The predicted octanol–water partition coefficient (Wildman–Crippen LogP) is 3.49. The summed E-state index contributed by atoms with van der Waals surface area (Å²) < 4.78 is 0. The van der Waals surface area contributed by atoms with Crippen molar-refractivity contribution in [1.29, 1.82) is 0 Å². The minimum atomic E-state index is -0.207. The first-order valence-corrected chi connectivity index (χ1v) is 7.61. The van der Waals surface area contributed by atoms with Crippen LogP contribution in [0.3, 0.4) is 0 Å². The summed E-state index contributed by atoms with van der Waals surface area (Å²) in [5.74, 6) is 0.500. The summed E-state index contributed by atoms with van der Waals surface area (Å²) in [5, 5.41) is 5.93. The second-order valence-electron chi connectivity index (χ2n) is 4.12. The fourth-order valence-corrected chi connectivity index (χ4v) is 2.12. The fraction of sp³-hybridized carbons (Fsp3) is 0.200. The van der Waals surface area contributed by atoms with E-state index in [1.807, 2.05) is 49.6 Å². The van der Waals surface area contributed by atoms with Gasteiger partial charge in [-0.25, -0.2) is 4.98 Å². The Labute approximate surface area is 123 Å². The first-order chi connectivity index (χ1) is 9.72. The minimum absolute atomic E-state index is 0.207. The molecule has 0 radical (unpaired) electrons. The number of benzene rings is 1. The van der Waals surface area contributed by atoms with Crippen LogP contribution < -0.4 is 10.6 Å². The standard InChI is InChI=1S/C15H17N3OS/c1-3-16-14-6-4-5-13(18-14)15(19)17-11-7-9-12(20-2)10-8-11/h4-10H,3H2,1-2H3,(H,16,18)(H,17,19). The van der Waals surface area contributed by atoms with E-state index in [0.717, 1.165) is 17.1 Å². The van der Waals surface area contributed by atoms with Gasteiger partial charge in [0.1, 0.15) is 11.5 Å². The van der Waals surface area contributed by atoms with Crippen LogP contribution in [0.5, 0.6) is 0 Å². The lowest BCUT2D eigenvalue weighted by molar-refractivity contribution is 0.102. The number of carbonyl (C=O) groups excluding carboxylic acids is 1. The van der Waals surface area contributed by atoms with Crippen LogP contribution in [0.4, 0.5) is 11.5 Å². The maximum Gasteiger partial charge on any atom is 0.274 e. The van der Waals surface area contributed by atoms with Gasteiger partial charge in [0.05, 0.1) is 0 Å². The number of pyridine rings is 1. The van der Waals surface area contributed by atoms with Crippen LogP contribution in [0, 0.1) is 0 Å². The molecule has 1 aromatic carbocycles. The summed E-state index contributed by atoms with van der Waals surface area (Å²) >= 11 is 1.67. The lowest BCUT2D eigenvalue weighted by atomic mass is 10.3. The zero-order valence-corrected chi connectivity index (χ0v) is 12.3. The number of carbonyl (C=O) groups is 1. The van der Waals surface area contributed by atoms with Crippen molar-refractivity contribution in [3.8, 4) is 0 Å². The van der Waals surface area contributed by atoms with Crippen molar-refractivity contribution in [3.63, 3.8) is 0 Å². The van der Waals surface area contributed by atoms with E-state index < -0.39 is 0 Å². The van der Waals surface area contributed by atoms with Crippen molar-refractivity contribution in [3.05, 3.63) is 48.2 Å². The third-order valence-electron chi connectivity index (χ3n) is 2.69. The molecule has 0 aliphatic carbocycles. The quantitative estimate of drug-likeness (QED) is 0.827. The number of aromatic nitrogens is 1. The van der Waals surface area contributed by atoms with E-state index in [2.05, 4.69) is 15.6 Å². The number of nitrogens with zero attached hydrogens (tertiary/aromatic N) is 1. The smallest absolute Gasteiger partial charge is 0.274 e. The fourth-order valence-electron chi connectivity index (χ4n) is 1.71. The van der Waals surface area contributed by atoms with E-state index in [1.54, 1.807) is 17.8 Å². The lowest BCUT2D eigenvalue weighted by Crippen LogP contribution is -2.14. The van der Waals surface area contributed by atoms with Crippen LogP contribution in [-0.2, 0) is 0 Å². The number of amides is 1. The Hall–Kier alpha value is -2.01. The summed E-state index contributed by atoms with van der Waals surface area (Å²) in [6.07, 6.45) is 2.02. The second kappa shape index (κ2) is 6.96. The summed E-state index contributed by atoms with van der Waals surface area (Å²) in [4.78, 5) is 17.5. The van der Waals surface area contributed by atoms with E-state index >= 15 is 0 Å². The Morgan fingerprint density at radius 1 is 1.20 bits per heavy atom. The van der Waals surface area contributed by atoms with E-state index in [1.165, 1.54) is 0 Å². The molecule has 2 rings (SSSR count). The van der Waals surface area contributed by atoms with Gasteiger partial charge in [0.2, 0.25) is 0 Å². The number of nitrogens with one attached hydrogen (secondary N) is 2. The molecular formula is C15H17N3OS. The van der Waals surface area contributed by atoms with Crippen molar-refractivity contribution >= 4 is 29.2 Å². The second-order valence-corrected chi connectivity index (χ2v) is 5.00. The van der Waals surface area contributed by atoms with Gasteiger partial charge >= 0.3 is 0 Å². The molecule has 1 aromatic heterocycles. The Morgan fingerprint density at radius 2 is 1.95 bits per heavy atom. The van der Waals surface area contributed by atoms with Gasteiger partial charge in [-0.2, -0.15) is 0 Å². The maximum absolute atomic E-state index is 12.1. The molecule has 0 fully saturated rings. The van der Waals surface area contributed by atoms with Gasteiger partial charge in [-0.1, -0.05) is 6.07 Å². The highest BCUT2D eigenvalue weighted by Gasteiger charge is 2.08. The van der Waals surface area contributed by atoms with Crippen molar-refractivity contribution in [2.45, 2.75) is 11.8 Å². The van der Waals surface area contributed by atoms with Crippen LogP contribution >= 0.6 is 11.8 Å². The first-order valence-electron chi connectivity index (χ1n) is 6.39. The van der Waals surface area contributed by atoms with Crippen LogP contribution in [0.2, 0.25) is 0 Å². The van der Waals surface area contributed by atoms with Crippen molar-refractivity contribution in [2.75, 3.05) is 23.4 Å². The van der Waals surface area contributed by atoms with E-state index in [-0.39, 0.29) is 5.91 Å². The molecule has 1 amide bonds. The maximum atomic E-state index is 12.1. The zero-order valence-electron chi connectivity index (χ0n) is 11.5.